The Morgan fingerprint density at radius 1 is 1.16 bits per heavy atom. The number of benzene rings is 1. The van der Waals surface area contributed by atoms with Crippen molar-refractivity contribution >= 4 is 0 Å². The lowest BCUT2D eigenvalue weighted by molar-refractivity contribution is 0.319. The van der Waals surface area contributed by atoms with Crippen molar-refractivity contribution in [2.75, 3.05) is 6.54 Å². The van der Waals surface area contributed by atoms with E-state index in [1.807, 2.05) is 0 Å². The van der Waals surface area contributed by atoms with E-state index in [4.69, 9.17) is 0 Å². The van der Waals surface area contributed by atoms with Crippen LogP contribution in [0.4, 0.5) is 0 Å². The molecule has 0 amide bonds. The molecule has 1 aliphatic carbocycles. The highest BCUT2D eigenvalue weighted by molar-refractivity contribution is 5.26. The molecule has 2 rings (SSSR count). The van der Waals surface area contributed by atoms with E-state index in [1.165, 1.54) is 25.7 Å². The van der Waals surface area contributed by atoms with Gasteiger partial charge in [-0.2, -0.15) is 0 Å². The predicted octanol–water partition coefficient (Wildman–Crippen LogP) is 4.59. The fourth-order valence-corrected chi connectivity index (χ4v) is 3.42. The molecular weight excluding hydrogens is 230 g/mol. The molecule has 1 aromatic carbocycles. The Balaban J connectivity index is 1.96. The van der Waals surface area contributed by atoms with E-state index in [2.05, 4.69) is 56.4 Å². The second-order valence-electron chi connectivity index (χ2n) is 6.16. The molecule has 0 heterocycles. The van der Waals surface area contributed by atoms with Crippen molar-refractivity contribution in [3.63, 3.8) is 0 Å². The number of nitrogens with one attached hydrogen (secondary N) is 1. The van der Waals surface area contributed by atoms with Gasteiger partial charge in [0.1, 0.15) is 0 Å². The summed E-state index contributed by atoms with van der Waals surface area (Å²) >= 11 is 0. The van der Waals surface area contributed by atoms with Crippen LogP contribution in [0.3, 0.4) is 0 Å². The van der Waals surface area contributed by atoms with Crippen LogP contribution in [0.5, 0.6) is 0 Å². The van der Waals surface area contributed by atoms with Crippen LogP contribution in [0.15, 0.2) is 30.3 Å². The highest BCUT2D eigenvalue weighted by atomic mass is 14.9. The van der Waals surface area contributed by atoms with E-state index in [9.17, 15) is 0 Å². The Hall–Kier alpha value is -0.820. The largest absolute Gasteiger partial charge is 0.313 e. The highest BCUT2D eigenvalue weighted by Gasteiger charge is 2.44. The smallest absolute Gasteiger partial charge is 0.0127 e. The molecule has 106 valence electrons. The average molecular weight is 259 g/mol. The summed E-state index contributed by atoms with van der Waals surface area (Å²) in [7, 11) is 0. The van der Waals surface area contributed by atoms with E-state index in [-0.39, 0.29) is 0 Å². The first-order valence-corrected chi connectivity index (χ1v) is 8.06. The van der Waals surface area contributed by atoms with E-state index in [0.717, 1.165) is 24.3 Å². The minimum Gasteiger partial charge on any atom is -0.313 e. The Morgan fingerprint density at radius 2 is 1.89 bits per heavy atom. The molecule has 0 saturated heterocycles. The molecule has 4 atom stereocenters. The van der Waals surface area contributed by atoms with E-state index in [0.29, 0.717) is 6.04 Å². The van der Waals surface area contributed by atoms with Gasteiger partial charge in [0.2, 0.25) is 0 Å². The Bertz CT molecular complexity index is 359. The predicted molar refractivity (Wildman–Crippen MR) is 83.4 cm³/mol. The maximum atomic E-state index is 3.82. The highest BCUT2D eigenvalue weighted by Crippen LogP contribution is 2.51. The molecule has 4 unspecified atom stereocenters. The lowest BCUT2D eigenvalue weighted by Gasteiger charge is -2.25. The summed E-state index contributed by atoms with van der Waals surface area (Å²) in [6.07, 6.45) is 5.26. The van der Waals surface area contributed by atoms with Crippen molar-refractivity contribution in [2.24, 2.45) is 11.8 Å². The van der Waals surface area contributed by atoms with Crippen LogP contribution in [0.1, 0.15) is 57.9 Å². The van der Waals surface area contributed by atoms with Crippen molar-refractivity contribution in [1.82, 2.24) is 5.32 Å². The van der Waals surface area contributed by atoms with Crippen molar-refractivity contribution < 1.29 is 0 Å². The van der Waals surface area contributed by atoms with Gasteiger partial charge in [-0.05, 0) is 49.1 Å². The summed E-state index contributed by atoms with van der Waals surface area (Å²) < 4.78 is 0. The molecule has 1 heteroatoms. The second-order valence-corrected chi connectivity index (χ2v) is 6.16. The normalized spacial score (nSPS) is 25.0. The van der Waals surface area contributed by atoms with Crippen molar-refractivity contribution in [2.45, 2.75) is 58.4 Å². The molecule has 19 heavy (non-hydrogen) atoms. The number of rotatable bonds is 8. The summed E-state index contributed by atoms with van der Waals surface area (Å²) in [4.78, 5) is 0. The van der Waals surface area contributed by atoms with Crippen LogP contribution in [-0.4, -0.2) is 12.6 Å². The maximum absolute atomic E-state index is 3.82. The quantitative estimate of drug-likeness (QED) is 0.719. The molecule has 1 saturated carbocycles. The molecule has 1 aromatic rings. The monoisotopic (exact) mass is 259 g/mol. The number of hydrogen-bond acceptors (Lipinski definition) is 1. The van der Waals surface area contributed by atoms with Crippen molar-refractivity contribution in [3.05, 3.63) is 35.9 Å². The minimum absolute atomic E-state index is 0.713. The van der Waals surface area contributed by atoms with Gasteiger partial charge < -0.3 is 5.32 Å². The molecule has 1 fully saturated rings. The Labute approximate surface area is 118 Å². The van der Waals surface area contributed by atoms with Crippen LogP contribution in [-0.2, 0) is 0 Å². The molecule has 0 aliphatic heterocycles. The van der Waals surface area contributed by atoms with Crippen LogP contribution in [0.25, 0.3) is 0 Å². The fraction of sp³-hybridized carbons (Fsp3) is 0.667. The zero-order chi connectivity index (χ0) is 13.7. The molecule has 0 bridgehead atoms. The molecular formula is C18H29N. The lowest BCUT2D eigenvalue weighted by atomic mass is 9.91. The van der Waals surface area contributed by atoms with Gasteiger partial charge in [0.05, 0.1) is 0 Å². The van der Waals surface area contributed by atoms with Gasteiger partial charge in [0.25, 0.3) is 0 Å². The van der Waals surface area contributed by atoms with Crippen LogP contribution < -0.4 is 5.32 Å². The van der Waals surface area contributed by atoms with Gasteiger partial charge in [0.15, 0.2) is 0 Å². The van der Waals surface area contributed by atoms with Gasteiger partial charge in [-0.3, -0.25) is 0 Å². The summed E-state index contributed by atoms with van der Waals surface area (Å²) in [5.41, 5.74) is 1.54. The molecule has 1 nitrogen and oxygen atoms in total. The van der Waals surface area contributed by atoms with Crippen molar-refractivity contribution in [3.8, 4) is 0 Å². The number of hydrogen-bond donors (Lipinski definition) is 1. The van der Waals surface area contributed by atoms with Gasteiger partial charge in [-0.15, -0.1) is 0 Å². The second kappa shape index (κ2) is 7.09. The summed E-state index contributed by atoms with van der Waals surface area (Å²) in [5, 5.41) is 3.82. The van der Waals surface area contributed by atoms with Gasteiger partial charge in [-0.25, -0.2) is 0 Å². The molecule has 1 N–H and O–H groups in total. The van der Waals surface area contributed by atoms with E-state index >= 15 is 0 Å². The zero-order valence-corrected chi connectivity index (χ0v) is 12.7. The third kappa shape index (κ3) is 3.82. The van der Waals surface area contributed by atoms with Gasteiger partial charge in [-0.1, -0.05) is 57.5 Å². The maximum Gasteiger partial charge on any atom is 0.0127 e. The first-order chi connectivity index (χ1) is 9.27. The van der Waals surface area contributed by atoms with Crippen molar-refractivity contribution in [1.29, 1.82) is 0 Å². The average Bonchev–Trinajstić information content (AvgIpc) is 3.21. The summed E-state index contributed by atoms with van der Waals surface area (Å²) in [6.45, 7) is 8.15. The van der Waals surface area contributed by atoms with E-state index in [1.54, 1.807) is 5.56 Å². The SMILES string of the molecule is CCCNC(C(C)CCC)C1CC1c1ccccc1. The summed E-state index contributed by atoms with van der Waals surface area (Å²) in [6, 6.07) is 11.8. The molecule has 0 aromatic heterocycles. The van der Waals surface area contributed by atoms with Gasteiger partial charge in [0, 0.05) is 6.04 Å². The lowest BCUT2D eigenvalue weighted by Crippen LogP contribution is -2.37. The van der Waals surface area contributed by atoms with Crippen LogP contribution in [0, 0.1) is 11.8 Å². The fourth-order valence-electron chi connectivity index (χ4n) is 3.42. The first kappa shape index (κ1) is 14.6. The Morgan fingerprint density at radius 3 is 2.53 bits per heavy atom. The topological polar surface area (TPSA) is 12.0 Å². The molecule has 0 spiro atoms. The standard InChI is InChI=1S/C18H29N/c1-4-9-14(3)18(19-12-5-2)17-13-16(17)15-10-7-6-8-11-15/h6-8,10-11,14,16-19H,4-5,9,12-13H2,1-3H3. The van der Waals surface area contributed by atoms with E-state index < -0.39 is 0 Å². The molecule has 0 radical (unpaired) electrons. The first-order valence-electron chi connectivity index (χ1n) is 8.06. The zero-order valence-electron chi connectivity index (χ0n) is 12.7. The summed E-state index contributed by atoms with van der Waals surface area (Å²) in [5.74, 6) is 2.46. The Kier molecular flexibility index (Phi) is 5.45. The van der Waals surface area contributed by atoms with Crippen LogP contribution in [0.2, 0.25) is 0 Å². The van der Waals surface area contributed by atoms with Gasteiger partial charge >= 0.3 is 0 Å². The minimum atomic E-state index is 0.713. The third-order valence-electron chi connectivity index (χ3n) is 4.52. The third-order valence-corrected chi connectivity index (χ3v) is 4.52. The molecule has 1 aliphatic rings. The van der Waals surface area contributed by atoms with Crippen LogP contribution >= 0.6 is 0 Å².